The Labute approximate surface area is 125 Å². The van der Waals surface area contributed by atoms with Crippen molar-refractivity contribution in [1.82, 2.24) is 4.90 Å². The zero-order valence-electron chi connectivity index (χ0n) is 12.8. The third-order valence-electron chi connectivity index (χ3n) is 6.78. The van der Waals surface area contributed by atoms with Gasteiger partial charge in [-0.1, -0.05) is 12.1 Å². The quantitative estimate of drug-likeness (QED) is 0.791. The van der Waals surface area contributed by atoms with E-state index in [9.17, 15) is 5.11 Å². The molecular formula is C18H23NO2. The summed E-state index contributed by atoms with van der Waals surface area (Å²) in [6.45, 7) is 3.27. The number of hydrogen-bond acceptors (Lipinski definition) is 3. The van der Waals surface area contributed by atoms with Gasteiger partial charge >= 0.3 is 0 Å². The average Bonchev–Trinajstić information content (AvgIpc) is 2.83. The smallest absolute Gasteiger partial charge is 0.135 e. The maximum Gasteiger partial charge on any atom is 0.135 e. The fraction of sp³-hybridized carbons (Fsp3) is 0.667. The van der Waals surface area contributed by atoms with Crippen molar-refractivity contribution in [3.63, 3.8) is 0 Å². The van der Waals surface area contributed by atoms with E-state index in [2.05, 4.69) is 31.0 Å². The van der Waals surface area contributed by atoms with Crippen LogP contribution in [-0.4, -0.2) is 41.8 Å². The molecule has 2 aliphatic carbocycles. The van der Waals surface area contributed by atoms with E-state index in [-0.39, 0.29) is 17.6 Å². The second-order valence-electron chi connectivity index (χ2n) is 7.58. The van der Waals surface area contributed by atoms with Gasteiger partial charge in [0.05, 0.1) is 6.10 Å². The molecule has 2 heterocycles. The van der Waals surface area contributed by atoms with Gasteiger partial charge in [-0.2, -0.15) is 0 Å². The largest absolute Gasteiger partial charge is 0.486 e. The summed E-state index contributed by atoms with van der Waals surface area (Å²) in [6.07, 6.45) is 4.01. The van der Waals surface area contributed by atoms with Crippen LogP contribution in [0.15, 0.2) is 12.1 Å². The van der Waals surface area contributed by atoms with Crippen LogP contribution in [0, 0.1) is 12.8 Å². The van der Waals surface area contributed by atoms with Gasteiger partial charge in [0.1, 0.15) is 11.9 Å². The number of aryl methyl sites for hydroxylation is 1. The first-order valence-corrected chi connectivity index (χ1v) is 8.31. The number of benzene rings is 1. The Bertz CT molecular complexity index is 628. The van der Waals surface area contributed by atoms with E-state index in [1.165, 1.54) is 16.7 Å². The van der Waals surface area contributed by atoms with Crippen LogP contribution in [0.2, 0.25) is 0 Å². The maximum atomic E-state index is 10.6. The van der Waals surface area contributed by atoms with Crippen LogP contribution in [-0.2, 0) is 11.8 Å². The highest BCUT2D eigenvalue weighted by atomic mass is 16.5. The van der Waals surface area contributed by atoms with E-state index in [4.69, 9.17) is 4.74 Å². The van der Waals surface area contributed by atoms with Crippen LogP contribution in [0.25, 0.3) is 0 Å². The van der Waals surface area contributed by atoms with Crippen molar-refractivity contribution in [2.45, 2.75) is 56.3 Å². The number of piperidine rings is 1. The van der Waals surface area contributed by atoms with Crippen molar-refractivity contribution in [2.75, 3.05) is 13.6 Å². The van der Waals surface area contributed by atoms with Gasteiger partial charge in [-0.3, -0.25) is 0 Å². The molecule has 0 aromatic heterocycles. The SMILES string of the molecule is Cc1ccc2c3c1O[C@@H]1C(O)CC[C@@H]4[C@H](C2)N(C)CC[C@@]314. The molecule has 1 aromatic carbocycles. The van der Waals surface area contributed by atoms with Crippen molar-refractivity contribution in [3.8, 4) is 5.75 Å². The van der Waals surface area contributed by atoms with Gasteiger partial charge in [-0.15, -0.1) is 0 Å². The highest BCUT2D eigenvalue weighted by Crippen LogP contribution is 2.62. The first-order chi connectivity index (χ1) is 10.1. The van der Waals surface area contributed by atoms with E-state index in [0.29, 0.717) is 12.0 Å². The minimum absolute atomic E-state index is 0.0115. The highest BCUT2D eigenvalue weighted by Gasteiger charge is 2.64. The fourth-order valence-corrected chi connectivity index (χ4v) is 5.86. The van der Waals surface area contributed by atoms with E-state index in [0.717, 1.165) is 38.0 Å². The molecule has 1 aromatic rings. The normalized spacial score (nSPS) is 43.4. The summed E-state index contributed by atoms with van der Waals surface area (Å²) in [4.78, 5) is 2.55. The summed E-state index contributed by atoms with van der Waals surface area (Å²) >= 11 is 0. The summed E-state index contributed by atoms with van der Waals surface area (Å²) in [7, 11) is 2.27. The zero-order chi connectivity index (χ0) is 14.4. The Hall–Kier alpha value is -1.06. The molecule has 2 bridgehead atoms. The lowest BCUT2D eigenvalue weighted by Gasteiger charge is -2.58. The Kier molecular flexibility index (Phi) is 2.27. The van der Waals surface area contributed by atoms with Crippen molar-refractivity contribution >= 4 is 0 Å². The fourth-order valence-electron chi connectivity index (χ4n) is 5.86. The molecule has 1 saturated heterocycles. The van der Waals surface area contributed by atoms with Crippen molar-refractivity contribution in [1.29, 1.82) is 0 Å². The van der Waals surface area contributed by atoms with Gasteiger partial charge in [-0.05, 0) is 63.2 Å². The molecule has 5 rings (SSSR count). The Morgan fingerprint density at radius 2 is 2.19 bits per heavy atom. The first-order valence-electron chi connectivity index (χ1n) is 8.31. The lowest BCUT2D eigenvalue weighted by molar-refractivity contribution is -0.0992. The van der Waals surface area contributed by atoms with Gasteiger partial charge in [0, 0.05) is 17.0 Å². The van der Waals surface area contributed by atoms with Crippen LogP contribution in [0.1, 0.15) is 36.0 Å². The molecule has 1 N–H and O–H groups in total. The number of aliphatic hydroxyl groups excluding tert-OH is 1. The standard InChI is InChI=1S/C18H23NO2/c1-10-3-4-11-9-13-12-5-6-14(20)17-18(12,7-8-19(13)2)15(11)16(10)21-17/h3-4,12-14,17,20H,5-9H2,1-2H3/t12-,13+,14?,17-,18-/m1/s1. The van der Waals surface area contributed by atoms with E-state index < -0.39 is 0 Å². The summed E-state index contributed by atoms with van der Waals surface area (Å²) in [5, 5.41) is 10.6. The van der Waals surface area contributed by atoms with Crippen LogP contribution < -0.4 is 4.74 Å². The zero-order valence-corrected chi connectivity index (χ0v) is 12.8. The summed E-state index contributed by atoms with van der Waals surface area (Å²) in [6, 6.07) is 5.13. The number of nitrogens with zero attached hydrogens (tertiary/aromatic N) is 1. The molecule has 4 aliphatic rings. The molecule has 1 spiro atoms. The number of ether oxygens (including phenoxy) is 1. The summed E-state index contributed by atoms with van der Waals surface area (Å²) in [5.41, 5.74) is 4.27. The lowest BCUT2D eigenvalue weighted by atomic mass is 9.51. The van der Waals surface area contributed by atoms with Gasteiger partial charge in [0.15, 0.2) is 0 Å². The molecule has 5 atom stereocenters. The van der Waals surface area contributed by atoms with E-state index in [1.54, 1.807) is 0 Å². The Balaban J connectivity index is 1.81. The molecule has 1 saturated carbocycles. The van der Waals surface area contributed by atoms with Gasteiger partial charge < -0.3 is 14.7 Å². The van der Waals surface area contributed by atoms with Gasteiger partial charge in [0.2, 0.25) is 0 Å². The van der Waals surface area contributed by atoms with Gasteiger partial charge in [-0.25, -0.2) is 0 Å². The monoisotopic (exact) mass is 285 g/mol. The highest BCUT2D eigenvalue weighted by molar-refractivity contribution is 5.58. The van der Waals surface area contributed by atoms with Gasteiger partial charge in [0.25, 0.3) is 0 Å². The molecule has 2 aliphatic heterocycles. The maximum absolute atomic E-state index is 10.6. The molecule has 1 unspecified atom stereocenters. The first kappa shape index (κ1) is 12.5. The Morgan fingerprint density at radius 1 is 1.33 bits per heavy atom. The molecule has 3 heteroatoms. The summed E-state index contributed by atoms with van der Waals surface area (Å²) in [5.74, 6) is 1.76. The van der Waals surface area contributed by atoms with Crippen molar-refractivity contribution in [3.05, 3.63) is 28.8 Å². The predicted octanol–water partition coefficient (Wildman–Crippen LogP) is 2.02. The molecular weight excluding hydrogens is 262 g/mol. The molecule has 112 valence electrons. The number of rotatable bonds is 0. The van der Waals surface area contributed by atoms with Crippen LogP contribution in [0.4, 0.5) is 0 Å². The Morgan fingerprint density at radius 3 is 3.05 bits per heavy atom. The number of likely N-dealkylation sites (N-methyl/N-ethyl adjacent to an activating group) is 1. The van der Waals surface area contributed by atoms with Crippen LogP contribution >= 0.6 is 0 Å². The van der Waals surface area contributed by atoms with Crippen LogP contribution in [0.5, 0.6) is 5.75 Å². The van der Waals surface area contributed by atoms with E-state index >= 15 is 0 Å². The third-order valence-corrected chi connectivity index (χ3v) is 6.78. The van der Waals surface area contributed by atoms with Crippen molar-refractivity contribution < 1.29 is 9.84 Å². The van der Waals surface area contributed by atoms with Crippen LogP contribution in [0.3, 0.4) is 0 Å². The third kappa shape index (κ3) is 1.29. The molecule has 3 nitrogen and oxygen atoms in total. The minimum atomic E-state index is -0.303. The summed E-state index contributed by atoms with van der Waals surface area (Å²) < 4.78 is 6.39. The predicted molar refractivity (Wildman–Crippen MR) is 80.7 cm³/mol. The molecule has 2 fully saturated rings. The average molecular weight is 285 g/mol. The molecule has 0 radical (unpaired) electrons. The second-order valence-corrected chi connectivity index (χ2v) is 7.58. The van der Waals surface area contributed by atoms with Crippen molar-refractivity contribution in [2.24, 2.45) is 5.92 Å². The number of likely N-dealkylation sites (tertiary alicyclic amines) is 1. The van der Waals surface area contributed by atoms with E-state index in [1.807, 2.05) is 0 Å². The molecule has 21 heavy (non-hydrogen) atoms. The number of aliphatic hydroxyl groups is 1. The minimum Gasteiger partial charge on any atom is -0.486 e. The lowest BCUT2D eigenvalue weighted by Crippen LogP contribution is -2.66. The topological polar surface area (TPSA) is 32.7 Å². The number of hydrogen-bond donors (Lipinski definition) is 1. The molecule has 0 amide bonds. The second kappa shape index (κ2) is 3.82.